The van der Waals surface area contributed by atoms with Crippen molar-refractivity contribution < 1.29 is 84.7 Å². The molecule has 0 aromatic carbocycles. The van der Waals surface area contributed by atoms with Gasteiger partial charge in [-0.05, 0) is 33.1 Å². The maximum atomic E-state index is 12.8. The van der Waals surface area contributed by atoms with Crippen LogP contribution in [0.15, 0.2) is 85.1 Å². The Bertz CT molecular complexity index is 2020. The molecule has 0 amide bonds. The van der Waals surface area contributed by atoms with E-state index in [1.54, 1.807) is 98.6 Å². The van der Waals surface area contributed by atoms with E-state index in [0.717, 1.165) is 0 Å². The number of esters is 1. The van der Waals surface area contributed by atoms with Crippen LogP contribution in [0.25, 0.3) is 0 Å². The third-order valence-electron chi connectivity index (χ3n) is 13.8. The number of guanidine groups is 2. The first kappa shape index (κ1) is 66.4. The molecule has 0 radical (unpaired) electrons. The van der Waals surface area contributed by atoms with E-state index in [9.17, 15) is 65.8 Å². The predicted octanol–water partition coefficient (Wildman–Crippen LogP) is -0.979. The van der Waals surface area contributed by atoms with Crippen LogP contribution in [0.5, 0.6) is 0 Å². The van der Waals surface area contributed by atoms with E-state index >= 15 is 0 Å². The van der Waals surface area contributed by atoms with Crippen molar-refractivity contribution in [2.75, 3.05) is 26.2 Å². The lowest BCUT2D eigenvalue weighted by molar-refractivity contribution is -0.312. The van der Waals surface area contributed by atoms with Gasteiger partial charge >= 0.3 is 11.9 Å². The predicted molar refractivity (Wildman–Crippen MR) is 284 cm³/mol. The second kappa shape index (κ2) is 33.5. The summed E-state index contributed by atoms with van der Waals surface area (Å²) in [5.74, 6) is -7.67. The number of hydrogen-bond acceptors (Lipinski definition) is 19. The number of fused-ring (bicyclic) bond motifs is 2. The Hall–Kier alpha value is -4.90. The molecule has 3 aliphatic rings. The highest BCUT2D eigenvalue weighted by Crippen LogP contribution is 2.38. The van der Waals surface area contributed by atoms with Crippen LogP contribution < -0.4 is 22.1 Å². The van der Waals surface area contributed by atoms with Gasteiger partial charge in [0.15, 0.2) is 24.0 Å². The largest absolute Gasteiger partial charge is 0.481 e. The molecule has 3 rings (SSSR count). The molecular formula is C53H87N7O17. The highest BCUT2D eigenvalue weighted by Gasteiger charge is 2.51. The summed E-state index contributed by atoms with van der Waals surface area (Å²) in [6.07, 6.45) is 2.22. The number of carboxylic acid groups (broad SMARTS) is 1. The number of nitrogens with one attached hydrogen (secondary N) is 4. The summed E-state index contributed by atoms with van der Waals surface area (Å²) in [6, 6.07) is -1.08. The molecule has 2 saturated heterocycles. The van der Waals surface area contributed by atoms with Gasteiger partial charge in [-0.3, -0.25) is 25.3 Å². The zero-order valence-corrected chi connectivity index (χ0v) is 44.4. The van der Waals surface area contributed by atoms with E-state index < -0.39 is 153 Å². The average molecular weight is 1090 g/mol. The first-order valence-corrected chi connectivity index (χ1v) is 26.2. The number of hydrogen-bond donors (Lipinski definition) is 17. The average Bonchev–Trinajstić information content (AvgIpc) is 3.33. The molecule has 3 heterocycles. The Balaban J connectivity index is 1.97. The fourth-order valence-electron chi connectivity index (χ4n) is 9.42. The van der Waals surface area contributed by atoms with Gasteiger partial charge in [-0.1, -0.05) is 98.9 Å². The third kappa shape index (κ3) is 23.5. The van der Waals surface area contributed by atoms with Gasteiger partial charge in [0.2, 0.25) is 0 Å². The van der Waals surface area contributed by atoms with Crippen molar-refractivity contribution in [3.05, 3.63) is 85.1 Å². The van der Waals surface area contributed by atoms with Crippen LogP contribution in [-0.4, -0.2) is 209 Å². The van der Waals surface area contributed by atoms with Crippen molar-refractivity contribution in [3.63, 3.8) is 0 Å². The second-order valence-electron chi connectivity index (χ2n) is 20.2. The van der Waals surface area contributed by atoms with E-state index in [-0.39, 0.29) is 63.3 Å². The molecule has 77 heavy (non-hydrogen) atoms. The molecule has 24 nitrogen and oxygen atoms in total. The number of aliphatic carboxylic acids is 1. The number of cyclic esters (lactones) is 1. The Kier molecular flexibility index (Phi) is 28.9. The third-order valence-corrected chi connectivity index (χ3v) is 13.8. The number of aliphatic hydroxyl groups excluding tert-OH is 9. The van der Waals surface area contributed by atoms with E-state index in [1.165, 1.54) is 6.08 Å². The van der Waals surface area contributed by atoms with Crippen molar-refractivity contribution in [3.8, 4) is 0 Å². The number of aliphatic hydroxyl groups is 10. The maximum Gasteiger partial charge on any atom is 0.311 e. The monoisotopic (exact) mass is 1090 g/mol. The molecule has 2 fully saturated rings. The van der Waals surface area contributed by atoms with Crippen LogP contribution in [0.3, 0.4) is 0 Å². The van der Waals surface area contributed by atoms with Gasteiger partial charge < -0.3 is 97.2 Å². The zero-order chi connectivity index (χ0) is 57.4. The molecule has 0 aliphatic carbocycles. The quantitative estimate of drug-likeness (QED) is 0.0710. The first-order valence-electron chi connectivity index (χ1n) is 26.2. The fraction of sp³-hybridized carbons (Fsp3) is 0.660. The highest BCUT2D eigenvalue weighted by molar-refractivity contribution is 5.74. The molecular weight excluding hydrogens is 1010 g/mol. The van der Waals surface area contributed by atoms with Gasteiger partial charge in [0.25, 0.3) is 0 Å². The van der Waals surface area contributed by atoms with Crippen LogP contribution in [0.1, 0.15) is 79.1 Å². The van der Waals surface area contributed by atoms with Crippen molar-refractivity contribution >= 4 is 23.9 Å². The zero-order valence-electron chi connectivity index (χ0n) is 44.4. The minimum Gasteiger partial charge on any atom is -0.481 e. The Morgan fingerprint density at radius 3 is 1.78 bits per heavy atom. The van der Waals surface area contributed by atoms with Crippen LogP contribution in [-0.2, 0) is 28.5 Å². The molecule has 0 saturated carbocycles. The SMILES string of the molecule is C[C@@H]1[C@H](O)[C@@H](C)/C=C/C=C/C=C/C=C/C=C/C=C/C=C/[C@H](O[C@@H]2O[C@H](C)[C@@H](O)[C@H](N(CCNC(=N)N)CCNC(=N)N)[C@@H]2O)CC2O[C@](O)(C[C@@H](O)C[C@@H](O)[C@H](O)CC[C@@H](O)C[C@@H](O)CC(=O)O[C@H]1C)C[C@H](O)[C@H]2C(=O)O. The molecule has 0 spiro atoms. The molecule has 19 atom stereocenters. The fourth-order valence-corrected chi connectivity index (χ4v) is 9.42. The smallest absolute Gasteiger partial charge is 0.311 e. The standard InChI is InChI=1S/C53H87N7O17/c1-31-17-15-13-11-9-7-5-6-8-10-12-14-16-18-38(76-50-48(70)45(47(69)34(4)75-50)60(23-21-58-51(54)55)24-22-59-52(56)57)28-42-44(49(71)72)41(66)30-53(73,77-42)29-37(63)26-40(65)39(64)20-19-35(61)25-36(62)27-43(67)74-33(3)32(2)46(31)68/h5-18,31-42,44-48,50,61-66,68-70,73H,19-30H2,1-4H3,(H,71,72)(H4,54,55,58)(H4,56,57,59)/b6-5+,9-7+,10-8+,13-11+,14-12+,17-15+,18-16+/t31-,32-,33-,34+,35+,36+,37-,38-,39+,40+,41-,42?,44+,45-,46+,47+,48-,50-,53+/m0/s1. The van der Waals surface area contributed by atoms with Gasteiger partial charge in [-0.2, -0.15) is 0 Å². The normalized spacial score (nSPS) is 40.1. The van der Waals surface area contributed by atoms with Gasteiger partial charge in [0, 0.05) is 63.7 Å². The van der Waals surface area contributed by atoms with Crippen LogP contribution in [0.2, 0.25) is 0 Å². The summed E-state index contributed by atoms with van der Waals surface area (Å²) in [5, 5.41) is 142. The minimum absolute atomic E-state index is 0.123. The van der Waals surface area contributed by atoms with Crippen molar-refractivity contribution in [1.82, 2.24) is 15.5 Å². The van der Waals surface area contributed by atoms with Gasteiger partial charge in [-0.25, -0.2) is 0 Å². The molecule has 2 bridgehead atoms. The lowest BCUT2D eigenvalue weighted by atomic mass is 9.82. The number of nitrogens with zero attached hydrogens (tertiary/aromatic N) is 1. The summed E-state index contributed by atoms with van der Waals surface area (Å²) in [6.45, 7) is 7.26. The number of carbonyl (C=O) groups is 2. The summed E-state index contributed by atoms with van der Waals surface area (Å²) in [4.78, 5) is 27.1. The lowest BCUT2D eigenvalue weighted by Crippen LogP contribution is -2.65. The maximum absolute atomic E-state index is 12.8. The molecule has 0 aromatic heterocycles. The minimum atomic E-state index is -2.39. The summed E-state index contributed by atoms with van der Waals surface area (Å²) in [7, 11) is 0. The Morgan fingerprint density at radius 2 is 1.23 bits per heavy atom. The number of nitrogens with two attached hydrogens (primary N) is 2. The summed E-state index contributed by atoms with van der Waals surface area (Å²) in [5.41, 5.74) is 11.0. The van der Waals surface area contributed by atoms with Gasteiger partial charge in [-0.15, -0.1) is 0 Å². The molecule has 1 unspecified atom stereocenters. The molecule has 0 aromatic rings. The molecule has 24 heteroatoms. The highest BCUT2D eigenvalue weighted by atomic mass is 16.7. The summed E-state index contributed by atoms with van der Waals surface area (Å²) >= 11 is 0. The van der Waals surface area contributed by atoms with Gasteiger partial charge in [0.1, 0.15) is 18.1 Å². The van der Waals surface area contributed by atoms with Crippen molar-refractivity contribution in [1.29, 1.82) is 10.8 Å². The number of ether oxygens (including phenoxy) is 4. The van der Waals surface area contributed by atoms with Crippen LogP contribution in [0.4, 0.5) is 0 Å². The molecule has 3 aliphatic heterocycles. The van der Waals surface area contributed by atoms with Crippen molar-refractivity contribution in [2.24, 2.45) is 29.2 Å². The number of carbonyl (C=O) groups excluding carboxylic acids is 1. The Labute approximate surface area is 450 Å². The van der Waals surface area contributed by atoms with E-state index in [0.29, 0.717) is 0 Å². The van der Waals surface area contributed by atoms with E-state index in [2.05, 4.69) is 10.6 Å². The Morgan fingerprint density at radius 1 is 0.688 bits per heavy atom. The van der Waals surface area contributed by atoms with Crippen LogP contribution in [0, 0.1) is 28.6 Å². The summed E-state index contributed by atoms with van der Waals surface area (Å²) < 4.78 is 23.9. The van der Waals surface area contributed by atoms with E-state index in [4.69, 9.17) is 41.2 Å². The topological polar surface area (TPSA) is 421 Å². The van der Waals surface area contributed by atoms with Crippen LogP contribution >= 0.6 is 0 Å². The number of carboxylic acids is 1. The van der Waals surface area contributed by atoms with Gasteiger partial charge in [0.05, 0.1) is 79.6 Å². The molecule has 19 N–H and O–H groups in total. The van der Waals surface area contributed by atoms with Crippen molar-refractivity contribution in [2.45, 2.75) is 177 Å². The number of rotatable bonds is 10. The second-order valence-corrected chi connectivity index (χ2v) is 20.2. The number of allylic oxidation sites excluding steroid dienone is 12. The van der Waals surface area contributed by atoms with E-state index in [1.807, 2.05) is 13.0 Å². The first-order chi connectivity index (χ1) is 36.3. The molecule has 436 valence electrons. The lowest BCUT2D eigenvalue weighted by Gasteiger charge is -2.47.